The first-order chi connectivity index (χ1) is 15.1. The van der Waals surface area contributed by atoms with Gasteiger partial charge in [0.2, 0.25) is 5.95 Å². The molecule has 1 aliphatic rings. The number of carbonyl (C=O) groups excluding carboxylic acids is 2. The first-order valence-corrected chi connectivity index (χ1v) is 10.2. The molecule has 32 heavy (non-hydrogen) atoms. The Hall–Kier alpha value is -3.88. The third kappa shape index (κ3) is 4.41. The maximum Gasteiger partial charge on any atom is 0.410 e. The standard InChI is InChI=1S/C23H24N4O5/c1-23(2,3)32-22(31)27-10-9-13-11-14(7-8-15(13)12-27)19(28)26-21-24-17-6-4-5-16(20(29)30)18(17)25-21/h4-8,11H,9-10,12H2,1-3H3,(H,29,30)(H2,24,25,26,28). The van der Waals surface area contributed by atoms with Crippen LogP contribution in [0.2, 0.25) is 0 Å². The van der Waals surface area contributed by atoms with E-state index in [4.69, 9.17) is 4.74 Å². The van der Waals surface area contributed by atoms with Gasteiger partial charge in [0.05, 0.1) is 11.1 Å². The number of nitrogens with zero attached hydrogens (tertiary/aromatic N) is 2. The minimum Gasteiger partial charge on any atom is -0.478 e. The molecule has 9 heteroatoms. The van der Waals surface area contributed by atoms with Gasteiger partial charge in [-0.1, -0.05) is 12.1 Å². The number of fused-ring (bicyclic) bond motifs is 2. The van der Waals surface area contributed by atoms with Crippen molar-refractivity contribution in [3.8, 4) is 0 Å². The second-order valence-corrected chi connectivity index (χ2v) is 8.68. The van der Waals surface area contributed by atoms with Gasteiger partial charge >= 0.3 is 12.1 Å². The van der Waals surface area contributed by atoms with E-state index in [-0.39, 0.29) is 29.0 Å². The molecule has 2 heterocycles. The Balaban J connectivity index is 1.48. The molecule has 0 atom stereocenters. The van der Waals surface area contributed by atoms with Crippen LogP contribution in [-0.4, -0.2) is 50.1 Å². The molecule has 0 aliphatic carbocycles. The molecule has 3 N–H and O–H groups in total. The van der Waals surface area contributed by atoms with Gasteiger partial charge in [-0.3, -0.25) is 10.1 Å². The van der Waals surface area contributed by atoms with E-state index in [1.54, 1.807) is 23.1 Å². The van der Waals surface area contributed by atoms with Crippen LogP contribution in [0.25, 0.3) is 11.0 Å². The summed E-state index contributed by atoms with van der Waals surface area (Å²) in [4.78, 5) is 45.3. The third-order valence-electron chi connectivity index (χ3n) is 5.11. The van der Waals surface area contributed by atoms with Crippen LogP contribution in [0.15, 0.2) is 36.4 Å². The predicted octanol–water partition coefficient (Wildman–Crippen LogP) is 3.81. The Morgan fingerprint density at radius 1 is 1.16 bits per heavy atom. The van der Waals surface area contributed by atoms with Gasteiger partial charge in [-0.15, -0.1) is 0 Å². The van der Waals surface area contributed by atoms with E-state index in [1.165, 1.54) is 6.07 Å². The van der Waals surface area contributed by atoms with Crippen molar-refractivity contribution in [1.82, 2.24) is 14.9 Å². The fourth-order valence-electron chi connectivity index (χ4n) is 3.62. The molecule has 2 aromatic carbocycles. The zero-order chi connectivity index (χ0) is 23.0. The first kappa shape index (κ1) is 21.4. The lowest BCUT2D eigenvalue weighted by Crippen LogP contribution is -2.39. The largest absolute Gasteiger partial charge is 0.478 e. The number of carboxylic acids is 1. The number of H-pyrrole nitrogens is 1. The molecule has 0 bridgehead atoms. The number of para-hydroxylation sites is 1. The average Bonchev–Trinajstić information content (AvgIpc) is 3.13. The number of nitrogens with one attached hydrogen (secondary N) is 2. The van der Waals surface area contributed by atoms with Crippen LogP contribution >= 0.6 is 0 Å². The Bertz CT molecular complexity index is 1220. The van der Waals surface area contributed by atoms with Crippen LogP contribution in [-0.2, 0) is 17.7 Å². The summed E-state index contributed by atoms with van der Waals surface area (Å²) < 4.78 is 5.44. The summed E-state index contributed by atoms with van der Waals surface area (Å²) in [5.74, 6) is -1.28. The number of hydrogen-bond acceptors (Lipinski definition) is 5. The Labute approximate surface area is 184 Å². The van der Waals surface area contributed by atoms with Crippen LogP contribution in [0.4, 0.5) is 10.7 Å². The van der Waals surface area contributed by atoms with Crippen LogP contribution in [0.5, 0.6) is 0 Å². The molecule has 1 aromatic heterocycles. The molecule has 0 saturated heterocycles. The number of aromatic amines is 1. The van der Waals surface area contributed by atoms with E-state index in [1.807, 2.05) is 32.9 Å². The number of carboxylic acid groups (broad SMARTS) is 1. The van der Waals surface area contributed by atoms with Crippen molar-refractivity contribution in [2.75, 3.05) is 11.9 Å². The summed E-state index contributed by atoms with van der Waals surface area (Å²) in [6.45, 7) is 6.43. The normalized spacial score (nSPS) is 13.5. The zero-order valence-electron chi connectivity index (χ0n) is 18.1. The Kier molecular flexibility index (Phi) is 5.33. The molecule has 1 aliphatic heterocycles. The Morgan fingerprint density at radius 2 is 1.94 bits per heavy atom. The van der Waals surface area contributed by atoms with Crippen molar-refractivity contribution in [3.05, 3.63) is 58.7 Å². The molecule has 0 unspecified atom stereocenters. The van der Waals surface area contributed by atoms with Crippen molar-refractivity contribution >= 4 is 35.0 Å². The molecule has 0 spiro atoms. The second kappa shape index (κ2) is 7.99. The highest BCUT2D eigenvalue weighted by Crippen LogP contribution is 2.23. The van der Waals surface area contributed by atoms with Crippen LogP contribution in [0.1, 0.15) is 52.6 Å². The monoisotopic (exact) mass is 436 g/mol. The zero-order valence-corrected chi connectivity index (χ0v) is 18.1. The number of hydrogen-bond donors (Lipinski definition) is 3. The van der Waals surface area contributed by atoms with Gasteiger partial charge in [0.25, 0.3) is 5.91 Å². The van der Waals surface area contributed by atoms with Gasteiger partial charge < -0.3 is 19.7 Å². The van der Waals surface area contributed by atoms with Gasteiger partial charge in [0.1, 0.15) is 11.1 Å². The van der Waals surface area contributed by atoms with E-state index in [9.17, 15) is 19.5 Å². The quantitative estimate of drug-likeness (QED) is 0.573. The Morgan fingerprint density at radius 3 is 2.66 bits per heavy atom. The van der Waals surface area contributed by atoms with Crippen molar-refractivity contribution in [1.29, 1.82) is 0 Å². The van der Waals surface area contributed by atoms with Gasteiger partial charge in [-0.05, 0) is 62.6 Å². The van der Waals surface area contributed by atoms with E-state index in [2.05, 4.69) is 15.3 Å². The van der Waals surface area contributed by atoms with Crippen molar-refractivity contribution in [3.63, 3.8) is 0 Å². The van der Waals surface area contributed by atoms with E-state index >= 15 is 0 Å². The number of ether oxygens (including phenoxy) is 1. The van der Waals surface area contributed by atoms with Crippen LogP contribution < -0.4 is 5.32 Å². The highest BCUT2D eigenvalue weighted by molar-refractivity contribution is 6.05. The SMILES string of the molecule is CC(C)(C)OC(=O)N1CCc2cc(C(=O)Nc3nc4c(C(=O)O)cccc4[nH]3)ccc2C1. The van der Waals surface area contributed by atoms with Gasteiger partial charge in [0, 0.05) is 18.7 Å². The number of carbonyl (C=O) groups is 3. The predicted molar refractivity (Wildman–Crippen MR) is 118 cm³/mol. The first-order valence-electron chi connectivity index (χ1n) is 10.2. The lowest BCUT2D eigenvalue weighted by Gasteiger charge is -2.31. The van der Waals surface area contributed by atoms with Crippen molar-refractivity contribution < 1.29 is 24.2 Å². The summed E-state index contributed by atoms with van der Waals surface area (Å²) in [6.07, 6.45) is 0.262. The number of anilines is 1. The molecule has 0 saturated carbocycles. The molecular weight excluding hydrogens is 412 g/mol. The summed E-state index contributed by atoms with van der Waals surface area (Å²) in [5.41, 5.74) is 2.72. The van der Waals surface area contributed by atoms with Crippen molar-refractivity contribution in [2.24, 2.45) is 0 Å². The summed E-state index contributed by atoms with van der Waals surface area (Å²) >= 11 is 0. The van der Waals surface area contributed by atoms with E-state index in [0.29, 0.717) is 30.6 Å². The van der Waals surface area contributed by atoms with Crippen LogP contribution in [0.3, 0.4) is 0 Å². The average molecular weight is 436 g/mol. The highest BCUT2D eigenvalue weighted by atomic mass is 16.6. The molecular formula is C23H24N4O5. The molecule has 9 nitrogen and oxygen atoms in total. The maximum absolute atomic E-state index is 12.8. The van der Waals surface area contributed by atoms with Gasteiger partial charge in [0.15, 0.2) is 0 Å². The smallest absolute Gasteiger partial charge is 0.410 e. The maximum atomic E-state index is 12.8. The molecule has 0 fully saturated rings. The number of benzene rings is 2. The molecule has 4 rings (SSSR count). The number of rotatable bonds is 3. The number of amides is 2. The van der Waals surface area contributed by atoms with Crippen molar-refractivity contribution in [2.45, 2.75) is 39.3 Å². The third-order valence-corrected chi connectivity index (χ3v) is 5.11. The minimum absolute atomic E-state index is 0.0579. The molecule has 2 amide bonds. The fourth-order valence-corrected chi connectivity index (χ4v) is 3.62. The summed E-state index contributed by atoms with van der Waals surface area (Å²) in [5, 5.41) is 12.0. The topological polar surface area (TPSA) is 125 Å². The number of aromatic nitrogens is 2. The lowest BCUT2D eigenvalue weighted by atomic mass is 9.97. The minimum atomic E-state index is -1.09. The van der Waals surface area contributed by atoms with Gasteiger partial charge in [-0.25, -0.2) is 14.6 Å². The van der Waals surface area contributed by atoms with E-state index < -0.39 is 11.6 Å². The van der Waals surface area contributed by atoms with Gasteiger partial charge in [-0.2, -0.15) is 0 Å². The molecule has 0 radical (unpaired) electrons. The van der Waals surface area contributed by atoms with Crippen LogP contribution in [0, 0.1) is 0 Å². The molecule has 166 valence electrons. The summed E-state index contributed by atoms with van der Waals surface area (Å²) in [7, 11) is 0. The highest BCUT2D eigenvalue weighted by Gasteiger charge is 2.26. The summed E-state index contributed by atoms with van der Waals surface area (Å²) in [6, 6.07) is 10.1. The fraction of sp³-hybridized carbons (Fsp3) is 0.304. The number of imidazole rings is 1. The van der Waals surface area contributed by atoms with E-state index in [0.717, 1.165) is 11.1 Å². The second-order valence-electron chi connectivity index (χ2n) is 8.68. The molecule has 3 aromatic rings. The number of aromatic carboxylic acids is 1. The lowest BCUT2D eigenvalue weighted by molar-refractivity contribution is 0.0223.